The fourth-order valence-electron chi connectivity index (χ4n) is 3.21. The molecule has 0 aliphatic rings. The molecule has 2 aromatic carbocycles. The van der Waals surface area contributed by atoms with Crippen molar-refractivity contribution in [1.29, 1.82) is 0 Å². The van der Waals surface area contributed by atoms with Crippen LogP contribution in [0.15, 0.2) is 60.7 Å². The number of aliphatic hydroxyl groups is 1. The van der Waals surface area contributed by atoms with E-state index in [1.807, 2.05) is 49.4 Å². The summed E-state index contributed by atoms with van der Waals surface area (Å²) in [6.45, 7) is 8.57. The number of ether oxygens (including phenoxy) is 2. The Morgan fingerprint density at radius 3 is 2.38 bits per heavy atom. The van der Waals surface area contributed by atoms with Gasteiger partial charge in [0.1, 0.15) is 12.4 Å². The highest BCUT2D eigenvalue weighted by molar-refractivity contribution is 5.70. The minimum Gasteiger partial charge on any atom is -0.489 e. The zero-order valence-corrected chi connectivity index (χ0v) is 17.6. The van der Waals surface area contributed by atoms with Crippen molar-refractivity contribution in [3.63, 3.8) is 0 Å². The van der Waals surface area contributed by atoms with E-state index < -0.39 is 5.60 Å². The molecule has 4 nitrogen and oxygen atoms in total. The average Bonchev–Trinajstić information content (AvgIpc) is 2.66. The molecule has 0 saturated carbocycles. The Hall–Kier alpha value is -2.85. The lowest BCUT2D eigenvalue weighted by Crippen LogP contribution is -2.22. The minimum absolute atomic E-state index is 0.432. The lowest BCUT2D eigenvalue weighted by molar-refractivity contribution is 0.0547. The second kappa shape index (κ2) is 9.10. The summed E-state index contributed by atoms with van der Waals surface area (Å²) in [7, 11) is 0. The van der Waals surface area contributed by atoms with Gasteiger partial charge in [0.15, 0.2) is 0 Å². The molecule has 0 atom stereocenters. The smallest absolute Gasteiger partial charge is 0.213 e. The molecule has 0 radical (unpaired) electrons. The SMILES string of the molecule is Cc1cc(OCCC(C)(C)O)nc(C)c1-c1cccc(COc2ccccc2)c1. The van der Waals surface area contributed by atoms with Crippen molar-refractivity contribution in [2.45, 2.75) is 46.3 Å². The topological polar surface area (TPSA) is 51.6 Å². The third-order valence-electron chi connectivity index (χ3n) is 4.70. The van der Waals surface area contributed by atoms with Crippen molar-refractivity contribution in [3.05, 3.63) is 77.5 Å². The van der Waals surface area contributed by atoms with Crippen molar-refractivity contribution in [3.8, 4) is 22.8 Å². The highest BCUT2D eigenvalue weighted by Gasteiger charge is 2.14. The monoisotopic (exact) mass is 391 g/mol. The zero-order valence-electron chi connectivity index (χ0n) is 17.6. The molecule has 0 aliphatic heterocycles. The molecule has 0 unspecified atom stereocenters. The molecule has 0 amide bonds. The molecule has 152 valence electrons. The van der Waals surface area contributed by atoms with E-state index in [4.69, 9.17) is 9.47 Å². The van der Waals surface area contributed by atoms with Crippen LogP contribution in [-0.2, 0) is 6.61 Å². The predicted molar refractivity (Wildman–Crippen MR) is 116 cm³/mol. The molecule has 3 rings (SSSR count). The maximum atomic E-state index is 9.83. The molecule has 0 bridgehead atoms. The number of aryl methyl sites for hydroxylation is 2. The van der Waals surface area contributed by atoms with Gasteiger partial charge in [-0.1, -0.05) is 36.4 Å². The molecular weight excluding hydrogens is 362 g/mol. The van der Waals surface area contributed by atoms with Crippen LogP contribution in [0.4, 0.5) is 0 Å². The molecule has 3 aromatic rings. The first-order chi connectivity index (χ1) is 13.8. The van der Waals surface area contributed by atoms with Gasteiger partial charge in [-0.15, -0.1) is 0 Å². The number of hydrogen-bond acceptors (Lipinski definition) is 4. The van der Waals surface area contributed by atoms with Crippen LogP contribution in [0.25, 0.3) is 11.1 Å². The lowest BCUT2D eigenvalue weighted by Gasteiger charge is -2.18. The molecule has 1 N–H and O–H groups in total. The number of hydrogen-bond donors (Lipinski definition) is 1. The van der Waals surface area contributed by atoms with E-state index in [-0.39, 0.29) is 0 Å². The van der Waals surface area contributed by atoms with Gasteiger partial charge in [-0.25, -0.2) is 4.98 Å². The van der Waals surface area contributed by atoms with E-state index in [9.17, 15) is 5.11 Å². The summed E-state index contributed by atoms with van der Waals surface area (Å²) in [4.78, 5) is 4.62. The summed E-state index contributed by atoms with van der Waals surface area (Å²) in [5.74, 6) is 1.45. The van der Waals surface area contributed by atoms with Crippen molar-refractivity contribution < 1.29 is 14.6 Å². The summed E-state index contributed by atoms with van der Waals surface area (Å²) in [5, 5.41) is 9.83. The van der Waals surface area contributed by atoms with E-state index in [0.29, 0.717) is 25.5 Å². The second-order valence-corrected chi connectivity index (χ2v) is 7.95. The molecule has 1 aromatic heterocycles. The molecule has 0 aliphatic carbocycles. The van der Waals surface area contributed by atoms with Crippen LogP contribution in [0.1, 0.15) is 37.1 Å². The molecule has 1 heterocycles. The van der Waals surface area contributed by atoms with E-state index in [1.165, 1.54) is 0 Å². The molecule has 4 heteroatoms. The Kier molecular flexibility index (Phi) is 6.55. The highest BCUT2D eigenvalue weighted by Crippen LogP contribution is 2.30. The number of pyridine rings is 1. The largest absolute Gasteiger partial charge is 0.489 e. The van der Waals surface area contributed by atoms with Crippen molar-refractivity contribution in [2.75, 3.05) is 6.61 Å². The number of nitrogens with zero attached hydrogens (tertiary/aromatic N) is 1. The third-order valence-corrected chi connectivity index (χ3v) is 4.70. The summed E-state index contributed by atoms with van der Waals surface area (Å²) in [5.41, 5.74) is 4.62. The first-order valence-electron chi connectivity index (χ1n) is 9.92. The van der Waals surface area contributed by atoms with Gasteiger partial charge in [0.25, 0.3) is 0 Å². The molecule has 0 fully saturated rings. The van der Waals surface area contributed by atoms with E-state index >= 15 is 0 Å². The van der Waals surface area contributed by atoms with Gasteiger partial charge < -0.3 is 14.6 Å². The Morgan fingerprint density at radius 1 is 0.931 bits per heavy atom. The zero-order chi connectivity index (χ0) is 20.9. The van der Waals surface area contributed by atoms with Crippen LogP contribution in [-0.4, -0.2) is 22.3 Å². The van der Waals surface area contributed by atoms with Gasteiger partial charge in [-0.3, -0.25) is 0 Å². The minimum atomic E-state index is -0.744. The quantitative estimate of drug-likeness (QED) is 0.552. The van der Waals surface area contributed by atoms with Gasteiger partial charge >= 0.3 is 0 Å². The van der Waals surface area contributed by atoms with Gasteiger partial charge in [0.2, 0.25) is 5.88 Å². The Morgan fingerprint density at radius 2 is 1.69 bits per heavy atom. The fraction of sp³-hybridized carbons (Fsp3) is 0.320. The van der Waals surface area contributed by atoms with E-state index in [1.54, 1.807) is 13.8 Å². The van der Waals surface area contributed by atoms with Crippen LogP contribution in [0.2, 0.25) is 0 Å². The number of aromatic nitrogens is 1. The van der Waals surface area contributed by atoms with Gasteiger partial charge in [0, 0.05) is 23.7 Å². The first kappa shape index (κ1) is 20.9. The maximum absolute atomic E-state index is 9.83. The predicted octanol–water partition coefficient (Wildman–Crippen LogP) is 5.48. The van der Waals surface area contributed by atoms with E-state index in [2.05, 4.69) is 30.1 Å². The Labute approximate surface area is 173 Å². The average molecular weight is 392 g/mol. The summed E-state index contributed by atoms with van der Waals surface area (Å²) in [6, 6.07) is 20.1. The first-order valence-corrected chi connectivity index (χ1v) is 9.92. The Balaban J connectivity index is 1.74. The highest BCUT2D eigenvalue weighted by atomic mass is 16.5. The van der Waals surface area contributed by atoms with Crippen LogP contribution < -0.4 is 9.47 Å². The molecule has 29 heavy (non-hydrogen) atoms. The second-order valence-electron chi connectivity index (χ2n) is 7.95. The van der Waals surface area contributed by atoms with Crippen LogP contribution >= 0.6 is 0 Å². The van der Waals surface area contributed by atoms with Crippen molar-refractivity contribution >= 4 is 0 Å². The van der Waals surface area contributed by atoms with Crippen LogP contribution in [0.5, 0.6) is 11.6 Å². The standard InChI is InChI=1S/C25H29NO3/c1-18-15-23(28-14-13-25(3,4)27)26-19(2)24(18)21-10-8-9-20(16-21)17-29-22-11-6-5-7-12-22/h5-12,15-16,27H,13-14,17H2,1-4H3. The van der Waals surface area contributed by atoms with Gasteiger partial charge in [-0.05, 0) is 62.6 Å². The summed E-state index contributed by atoms with van der Waals surface area (Å²) in [6.07, 6.45) is 0.554. The number of benzene rings is 2. The lowest BCUT2D eigenvalue weighted by atomic mass is 9.98. The maximum Gasteiger partial charge on any atom is 0.213 e. The number of para-hydroxylation sites is 1. The van der Waals surface area contributed by atoms with Crippen molar-refractivity contribution in [2.24, 2.45) is 0 Å². The molecular formula is C25H29NO3. The van der Waals surface area contributed by atoms with Gasteiger partial charge in [0.05, 0.1) is 12.2 Å². The summed E-state index contributed by atoms with van der Waals surface area (Å²) >= 11 is 0. The van der Waals surface area contributed by atoms with E-state index in [0.717, 1.165) is 33.7 Å². The normalized spacial score (nSPS) is 11.3. The Bertz CT molecular complexity index is 923. The fourth-order valence-corrected chi connectivity index (χ4v) is 3.21. The van der Waals surface area contributed by atoms with Crippen molar-refractivity contribution in [1.82, 2.24) is 4.98 Å². The summed E-state index contributed by atoms with van der Waals surface area (Å²) < 4.78 is 11.6. The van der Waals surface area contributed by atoms with Crippen LogP contribution in [0.3, 0.4) is 0 Å². The number of rotatable bonds is 8. The molecule has 0 saturated heterocycles. The van der Waals surface area contributed by atoms with Gasteiger partial charge in [-0.2, -0.15) is 0 Å². The van der Waals surface area contributed by atoms with Crippen LogP contribution in [0, 0.1) is 13.8 Å². The third kappa shape index (κ3) is 6.06. The molecule has 0 spiro atoms.